The van der Waals surface area contributed by atoms with Gasteiger partial charge in [-0.15, -0.1) is 0 Å². The van der Waals surface area contributed by atoms with Crippen LogP contribution in [0, 0.1) is 0 Å². The fourth-order valence-electron chi connectivity index (χ4n) is 2.34. The van der Waals surface area contributed by atoms with Gasteiger partial charge in [-0.05, 0) is 24.3 Å². The van der Waals surface area contributed by atoms with E-state index in [0.717, 1.165) is 17.3 Å². The molecular formula is C16H16N2O5S. The Bertz CT molecular complexity index is 937. The minimum atomic E-state index is -3.72. The Balaban J connectivity index is 2.15. The standard InChI is InChI=1S/C16H16N2O5S/c1-21-13-8-10(9-14(22-2)15(13)23-24(3,19)20)16-17-11-6-4-5-7-12(11)18-16/h4-9H,1-3H3,(H,17,18). The number of aromatic nitrogens is 2. The van der Waals surface area contributed by atoms with Crippen molar-refractivity contribution < 1.29 is 22.1 Å². The van der Waals surface area contributed by atoms with Crippen LogP contribution in [0.15, 0.2) is 36.4 Å². The van der Waals surface area contributed by atoms with Crippen LogP contribution in [0.3, 0.4) is 0 Å². The van der Waals surface area contributed by atoms with E-state index < -0.39 is 10.1 Å². The van der Waals surface area contributed by atoms with E-state index in [4.69, 9.17) is 13.7 Å². The lowest BCUT2D eigenvalue weighted by molar-refractivity contribution is 0.361. The van der Waals surface area contributed by atoms with E-state index in [-0.39, 0.29) is 17.2 Å². The lowest BCUT2D eigenvalue weighted by Gasteiger charge is -2.14. The largest absolute Gasteiger partial charge is 0.493 e. The lowest BCUT2D eigenvalue weighted by Crippen LogP contribution is -2.08. The summed E-state index contributed by atoms with van der Waals surface area (Å²) >= 11 is 0. The molecule has 3 aromatic rings. The molecule has 0 aliphatic carbocycles. The third kappa shape index (κ3) is 3.13. The van der Waals surface area contributed by atoms with E-state index in [1.165, 1.54) is 14.2 Å². The number of rotatable bonds is 5. The van der Waals surface area contributed by atoms with Crippen molar-refractivity contribution in [2.75, 3.05) is 20.5 Å². The first-order valence-corrected chi connectivity index (χ1v) is 8.83. The quantitative estimate of drug-likeness (QED) is 0.713. The molecule has 0 aliphatic heterocycles. The molecule has 24 heavy (non-hydrogen) atoms. The molecule has 0 unspecified atom stereocenters. The SMILES string of the molecule is COc1cc(-c2nc3ccccc3[nH]2)cc(OC)c1OS(C)(=O)=O. The van der Waals surface area contributed by atoms with Gasteiger partial charge in [0.25, 0.3) is 0 Å². The highest BCUT2D eigenvalue weighted by atomic mass is 32.2. The molecular weight excluding hydrogens is 332 g/mol. The molecule has 0 atom stereocenters. The highest BCUT2D eigenvalue weighted by Crippen LogP contribution is 2.41. The summed E-state index contributed by atoms with van der Waals surface area (Å²) in [4.78, 5) is 7.71. The van der Waals surface area contributed by atoms with Gasteiger partial charge < -0.3 is 18.6 Å². The number of aromatic amines is 1. The zero-order chi connectivity index (χ0) is 17.3. The highest BCUT2D eigenvalue weighted by Gasteiger charge is 2.20. The predicted molar refractivity (Wildman–Crippen MR) is 90.1 cm³/mol. The Morgan fingerprint density at radius 3 is 2.21 bits per heavy atom. The first kappa shape index (κ1) is 16.1. The molecule has 0 aliphatic rings. The van der Waals surface area contributed by atoms with Crippen LogP contribution in [0.2, 0.25) is 0 Å². The normalized spacial score (nSPS) is 11.5. The molecule has 0 amide bonds. The van der Waals surface area contributed by atoms with Gasteiger partial charge in [0.1, 0.15) is 5.82 Å². The van der Waals surface area contributed by atoms with Crippen molar-refractivity contribution in [3.63, 3.8) is 0 Å². The zero-order valence-electron chi connectivity index (χ0n) is 13.4. The Hall–Kier alpha value is -2.74. The van der Waals surface area contributed by atoms with E-state index in [2.05, 4.69) is 9.97 Å². The summed E-state index contributed by atoms with van der Waals surface area (Å²) in [6, 6.07) is 10.9. The van der Waals surface area contributed by atoms with Crippen molar-refractivity contribution >= 4 is 21.2 Å². The third-order valence-electron chi connectivity index (χ3n) is 3.36. The number of nitrogens with zero attached hydrogens (tertiary/aromatic N) is 1. The first-order valence-electron chi connectivity index (χ1n) is 7.02. The fourth-order valence-corrected chi connectivity index (χ4v) is 2.81. The number of methoxy groups -OCH3 is 2. The van der Waals surface area contributed by atoms with Crippen molar-refractivity contribution in [3.8, 4) is 28.6 Å². The molecule has 0 saturated heterocycles. The molecule has 1 N–H and O–H groups in total. The summed E-state index contributed by atoms with van der Waals surface area (Å²) in [7, 11) is -0.878. The van der Waals surface area contributed by atoms with Crippen LogP contribution in [-0.2, 0) is 10.1 Å². The van der Waals surface area contributed by atoms with Crippen LogP contribution >= 0.6 is 0 Å². The summed E-state index contributed by atoms with van der Waals surface area (Å²) in [5.41, 5.74) is 2.39. The maximum atomic E-state index is 11.5. The van der Waals surface area contributed by atoms with Crippen molar-refractivity contribution in [2.45, 2.75) is 0 Å². The molecule has 0 fully saturated rings. The zero-order valence-corrected chi connectivity index (χ0v) is 14.2. The fraction of sp³-hybridized carbons (Fsp3) is 0.188. The lowest BCUT2D eigenvalue weighted by atomic mass is 10.1. The predicted octanol–water partition coefficient (Wildman–Crippen LogP) is 2.59. The van der Waals surface area contributed by atoms with Crippen molar-refractivity contribution in [2.24, 2.45) is 0 Å². The summed E-state index contributed by atoms with van der Waals surface area (Å²) in [5, 5.41) is 0. The summed E-state index contributed by atoms with van der Waals surface area (Å²) in [6.07, 6.45) is 0.957. The smallest absolute Gasteiger partial charge is 0.306 e. The van der Waals surface area contributed by atoms with Crippen molar-refractivity contribution in [1.82, 2.24) is 9.97 Å². The number of hydrogen-bond donors (Lipinski definition) is 1. The monoisotopic (exact) mass is 348 g/mol. The summed E-state index contributed by atoms with van der Waals surface area (Å²) in [6.45, 7) is 0. The number of fused-ring (bicyclic) bond motifs is 1. The first-order chi connectivity index (χ1) is 11.4. The molecule has 8 heteroatoms. The molecule has 1 heterocycles. The molecule has 0 radical (unpaired) electrons. The summed E-state index contributed by atoms with van der Waals surface area (Å²) < 4.78 is 38.4. The molecule has 126 valence electrons. The summed E-state index contributed by atoms with van der Waals surface area (Å²) in [5.74, 6) is 1.08. The van der Waals surface area contributed by atoms with Gasteiger partial charge in [0, 0.05) is 5.56 Å². The molecule has 0 saturated carbocycles. The second kappa shape index (κ2) is 6.04. The van der Waals surface area contributed by atoms with Crippen LogP contribution in [-0.4, -0.2) is 38.9 Å². The average molecular weight is 348 g/mol. The maximum Gasteiger partial charge on any atom is 0.306 e. The highest BCUT2D eigenvalue weighted by molar-refractivity contribution is 7.86. The van der Waals surface area contributed by atoms with Crippen molar-refractivity contribution in [3.05, 3.63) is 36.4 Å². The Labute approximate surface area is 139 Å². The van der Waals surface area contributed by atoms with Crippen molar-refractivity contribution in [1.29, 1.82) is 0 Å². The molecule has 7 nitrogen and oxygen atoms in total. The van der Waals surface area contributed by atoms with Gasteiger partial charge in [0.15, 0.2) is 11.5 Å². The van der Waals surface area contributed by atoms with Gasteiger partial charge in [-0.3, -0.25) is 0 Å². The number of nitrogens with one attached hydrogen (secondary N) is 1. The number of benzene rings is 2. The number of H-pyrrole nitrogens is 1. The maximum absolute atomic E-state index is 11.5. The van der Waals surface area contributed by atoms with E-state index >= 15 is 0 Å². The van der Waals surface area contributed by atoms with Gasteiger partial charge in [0.2, 0.25) is 5.75 Å². The number of para-hydroxylation sites is 2. The minimum Gasteiger partial charge on any atom is -0.493 e. The van der Waals surface area contributed by atoms with Gasteiger partial charge >= 0.3 is 10.1 Å². The molecule has 0 spiro atoms. The molecule has 0 bridgehead atoms. The van der Waals surface area contributed by atoms with Gasteiger partial charge in [-0.1, -0.05) is 12.1 Å². The van der Waals surface area contributed by atoms with Crippen LogP contribution < -0.4 is 13.7 Å². The number of imidazole rings is 1. The number of hydrogen-bond acceptors (Lipinski definition) is 6. The van der Waals surface area contributed by atoms with Gasteiger partial charge in [-0.2, -0.15) is 8.42 Å². The molecule has 3 rings (SSSR count). The Morgan fingerprint density at radius 1 is 1.04 bits per heavy atom. The van der Waals surface area contributed by atoms with E-state index in [0.29, 0.717) is 11.4 Å². The van der Waals surface area contributed by atoms with E-state index in [9.17, 15) is 8.42 Å². The average Bonchev–Trinajstić information content (AvgIpc) is 2.97. The van der Waals surface area contributed by atoms with Crippen LogP contribution in [0.25, 0.3) is 22.4 Å². The minimum absolute atomic E-state index is 0.00219. The Morgan fingerprint density at radius 2 is 1.67 bits per heavy atom. The van der Waals surface area contributed by atoms with E-state index in [1.54, 1.807) is 12.1 Å². The Kier molecular flexibility index (Phi) is 4.06. The molecule has 2 aromatic carbocycles. The van der Waals surface area contributed by atoms with Gasteiger partial charge in [0.05, 0.1) is 31.5 Å². The second-order valence-electron chi connectivity index (χ2n) is 5.10. The van der Waals surface area contributed by atoms with Crippen LogP contribution in [0.5, 0.6) is 17.2 Å². The second-order valence-corrected chi connectivity index (χ2v) is 6.67. The van der Waals surface area contributed by atoms with Gasteiger partial charge in [-0.25, -0.2) is 4.98 Å². The van der Waals surface area contributed by atoms with Crippen LogP contribution in [0.4, 0.5) is 0 Å². The third-order valence-corrected chi connectivity index (χ3v) is 3.83. The topological polar surface area (TPSA) is 90.5 Å². The van der Waals surface area contributed by atoms with E-state index in [1.807, 2.05) is 24.3 Å². The molecule has 1 aromatic heterocycles. The van der Waals surface area contributed by atoms with Crippen LogP contribution in [0.1, 0.15) is 0 Å². The number of ether oxygens (including phenoxy) is 2.